The number of aromatic hydroxyl groups is 1. The van der Waals surface area contributed by atoms with Gasteiger partial charge >= 0.3 is 0 Å². The van der Waals surface area contributed by atoms with Gasteiger partial charge in [-0.15, -0.1) is 0 Å². The maximum absolute atomic E-state index is 11.1. The van der Waals surface area contributed by atoms with E-state index in [4.69, 9.17) is 0 Å². The second-order valence-corrected chi connectivity index (χ2v) is 2.71. The van der Waals surface area contributed by atoms with E-state index in [2.05, 4.69) is 0 Å². The van der Waals surface area contributed by atoms with Gasteiger partial charge in [0, 0.05) is 14.1 Å². The van der Waals surface area contributed by atoms with Gasteiger partial charge in [0.2, 0.25) is 5.43 Å². The van der Waals surface area contributed by atoms with Gasteiger partial charge in [-0.1, -0.05) is 12.1 Å². The van der Waals surface area contributed by atoms with E-state index in [9.17, 15) is 9.90 Å². The third-order valence-corrected chi connectivity index (χ3v) is 1.57. The van der Waals surface area contributed by atoms with Crippen molar-refractivity contribution in [3.05, 3.63) is 34.5 Å². The summed E-state index contributed by atoms with van der Waals surface area (Å²) >= 11 is 0. The van der Waals surface area contributed by atoms with Crippen molar-refractivity contribution in [1.29, 1.82) is 0 Å². The molecule has 0 aliphatic carbocycles. The molecule has 0 atom stereocenters. The van der Waals surface area contributed by atoms with Gasteiger partial charge in [-0.3, -0.25) is 4.79 Å². The average Bonchev–Trinajstić information content (AvgIpc) is 2.15. The van der Waals surface area contributed by atoms with Gasteiger partial charge < -0.3 is 10.0 Å². The first-order valence-corrected chi connectivity index (χ1v) is 3.62. The van der Waals surface area contributed by atoms with Crippen LogP contribution in [0.1, 0.15) is 0 Å². The Hall–Kier alpha value is -1.51. The van der Waals surface area contributed by atoms with E-state index in [0.29, 0.717) is 5.69 Å². The van der Waals surface area contributed by atoms with Crippen LogP contribution in [0.5, 0.6) is 5.75 Å². The maximum atomic E-state index is 11.1. The summed E-state index contributed by atoms with van der Waals surface area (Å²) in [5.74, 6) is -0.204. The minimum absolute atomic E-state index is 0.204. The monoisotopic (exact) mass is 165 g/mol. The predicted molar refractivity (Wildman–Crippen MR) is 48.7 cm³/mol. The van der Waals surface area contributed by atoms with Gasteiger partial charge in [-0.2, -0.15) is 0 Å². The first kappa shape index (κ1) is 8.59. The summed E-state index contributed by atoms with van der Waals surface area (Å²) in [7, 11) is 3.54. The third kappa shape index (κ3) is 1.56. The molecule has 0 heterocycles. The summed E-state index contributed by atoms with van der Waals surface area (Å²) in [5, 5.41) is 9.37. The zero-order chi connectivity index (χ0) is 9.14. The van der Waals surface area contributed by atoms with Gasteiger partial charge in [0.1, 0.15) is 0 Å². The lowest BCUT2D eigenvalue weighted by Crippen LogP contribution is -2.10. The normalized spacial score (nSPS) is 9.50. The summed E-state index contributed by atoms with van der Waals surface area (Å²) in [4.78, 5) is 12.8. The zero-order valence-electron chi connectivity index (χ0n) is 7.11. The van der Waals surface area contributed by atoms with Crippen molar-refractivity contribution in [2.75, 3.05) is 19.0 Å². The molecule has 1 N–H and O–H groups in total. The summed E-state index contributed by atoms with van der Waals surface area (Å²) in [6.45, 7) is 0. The highest BCUT2D eigenvalue weighted by molar-refractivity contribution is 5.55. The molecule has 0 saturated carbocycles. The van der Waals surface area contributed by atoms with Crippen molar-refractivity contribution in [3.63, 3.8) is 0 Å². The van der Waals surface area contributed by atoms with E-state index >= 15 is 0 Å². The molecule has 64 valence electrons. The minimum Gasteiger partial charge on any atom is -0.503 e. The summed E-state index contributed by atoms with van der Waals surface area (Å²) in [6, 6.07) is 6.35. The first-order chi connectivity index (χ1) is 5.63. The molecule has 3 heteroatoms. The topological polar surface area (TPSA) is 40.5 Å². The highest BCUT2D eigenvalue weighted by atomic mass is 16.3. The Morgan fingerprint density at radius 1 is 1.25 bits per heavy atom. The highest BCUT2D eigenvalue weighted by Gasteiger charge is 2.02. The van der Waals surface area contributed by atoms with Crippen molar-refractivity contribution in [3.8, 4) is 5.75 Å². The standard InChI is InChI=1S/C9H11NO2/c1-10(2)7-5-3-4-6-8(11)9(7)12/h3-6H,1-2H3,(H,11,12). The van der Waals surface area contributed by atoms with Gasteiger partial charge in [-0.05, 0) is 12.1 Å². The Morgan fingerprint density at radius 2 is 1.83 bits per heavy atom. The van der Waals surface area contributed by atoms with E-state index < -0.39 is 0 Å². The highest BCUT2D eigenvalue weighted by Crippen LogP contribution is 2.18. The number of rotatable bonds is 1. The van der Waals surface area contributed by atoms with Crippen molar-refractivity contribution in [2.24, 2.45) is 0 Å². The number of nitrogens with zero attached hydrogens (tertiary/aromatic N) is 1. The summed E-state index contributed by atoms with van der Waals surface area (Å²) in [5.41, 5.74) is 0.175. The van der Waals surface area contributed by atoms with Crippen LogP contribution in [-0.2, 0) is 0 Å². The van der Waals surface area contributed by atoms with Crippen LogP contribution in [-0.4, -0.2) is 19.2 Å². The van der Waals surface area contributed by atoms with Crippen molar-refractivity contribution in [1.82, 2.24) is 0 Å². The maximum Gasteiger partial charge on any atom is 0.222 e. The molecule has 0 unspecified atom stereocenters. The second kappa shape index (κ2) is 3.26. The van der Waals surface area contributed by atoms with Gasteiger partial charge in [0.15, 0.2) is 5.75 Å². The van der Waals surface area contributed by atoms with E-state index in [0.717, 1.165) is 0 Å². The van der Waals surface area contributed by atoms with Crippen LogP contribution in [0.3, 0.4) is 0 Å². The lowest BCUT2D eigenvalue weighted by Gasteiger charge is -2.10. The Morgan fingerprint density at radius 3 is 2.42 bits per heavy atom. The molecule has 0 radical (unpaired) electrons. The predicted octanol–water partition coefficient (Wildman–Crippen LogP) is 0.818. The van der Waals surface area contributed by atoms with Crippen LogP contribution in [0, 0.1) is 0 Å². The fourth-order valence-corrected chi connectivity index (χ4v) is 0.935. The van der Waals surface area contributed by atoms with Crippen LogP contribution in [0.15, 0.2) is 29.1 Å². The molecule has 0 amide bonds. The quantitative estimate of drug-likeness (QED) is 0.669. The lowest BCUT2D eigenvalue weighted by molar-refractivity contribution is 0.471. The molecular weight excluding hydrogens is 154 g/mol. The van der Waals surface area contributed by atoms with Crippen LogP contribution in [0.2, 0.25) is 0 Å². The molecule has 0 bridgehead atoms. The van der Waals surface area contributed by atoms with Gasteiger partial charge in [0.05, 0.1) is 5.69 Å². The SMILES string of the molecule is CN(C)c1ccccc(=O)c1O. The minimum atomic E-state index is -0.358. The molecule has 1 rings (SSSR count). The van der Waals surface area contributed by atoms with Crippen LogP contribution in [0.25, 0.3) is 0 Å². The van der Waals surface area contributed by atoms with E-state index in [1.807, 2.05) is 0 Å². The third-order valence-electron chi connectivity index (χ3n) is 1.57. The fraction of sp³-hybridized carbons (Fsp3) is 0.222. The molecular formula is C9H11NO2. The van der Waals surface area contributed by atoms with Crippen LogP contribution < -0.4 is 10.3 Å². The Balaban J connectivity index is 3.42. The Kier molecular flexibility index (Phi) is 2.33. The van der Waals surface area contributed by atoms with Gasteiger partial charge in [0.25, 0.3) is 0 Å². The van der Waals surface area contributed by atoms with Crippen molar-refractivity contribution >= 4 is 5.69 Å². The molecule has 0 aliphatic heterocycles. The number of anilines is 1. The van der Waals surface area contributed by atoms with E-state index in [1.54, 1.807) is 37.2 Å². The summed E-state index contributed by atoms with van der Waals surface area (Å²) in [6.07, 6.45) is 0. The van der Waals surface area contributed by atoms with Gasteiger partial charge in [-0.25, -0.2) is 0 Å². The fourth-order valence-electron chi connectivity index (χ4n) is 0.935. The molecule has 0 fully saturated rings. The van der Waals surface area contributed by atoms with E-state index in [-0.39, 0.29) is 11.2 Å². The van der Waals surface area contributed by atoms with Crippen LogP contribution in [0.4, 0.5) is 5.69 Å². The molecule has 12 heavy (non-hydrogen) atoms. The molecule has 0 aromatic heterocycles. The average molecular weight is 165 g/mol. The second-order valence-electron chi connectivity index (χ2n) is 2.71. The largest absolute Gasteiger partial charge is 0.503 e. The molecule has 0 spiro atoms. The molecule has 3 nitrogen and oxygen atoms in total. The molecule has 0 aliphatic rings. The van der Waals surface area contributed by atoms with Crippen molar-refractivity contribution < 1.29 is 5.11 Å². The molecule has 1 aromatic carbocycles. The smallest absolute Gasteiger partial charge is 0.222 e. The zero-order valence-corrected chi connectivity index (χ0v) is 7.11. The summed E-state index contributed by atoms with van der Waals surface area (Å²) < 4.78 is 0. The van der Waals surface area contributed by atoms with E-state index in [1.165, 1.54) is 6.07 Å². The van der Waals surface area contributed by atoms with Crippen LogP contribution >= 0.6 is 0 Å². The van der Waals surface area contributed by atoms with Crippen molar-refractivity contribution in [2.45, 2.75) is 0 Å². The Labute approximate surface area is 70.9 Å². The molecule has 1 aromatic rings. The first-order valence-electron chi connectivity index (χ1n) is 3.62. The Bertz CT molecular complexity index is 334. The lowest BCUT2D eigenvalue weighted by atomic mass is 10.3. The number of hydrogen-bond acceptors (Lipinski definition) is 3. The number of hydrogen-bond donors (Lipinski definition) is 1. The molecule has 0 saturated heterocycles.